The van der Waals surface area contributed by atoms with Gasteiger partial charge in [0.25, 0.3) is 0 Å². The predicted molar refractivity (Wildman–Crippen MR) is 84.7 cm³/mol. The van der Waals surface area contributed by atoms with Crippen molar-refractivity contribution in [3.63, 3.8) is 0 Å². The second-order valence-corrected chi connectivity index (χ2v) is 5.79. The number of nitrogens with zero attached hydrogens (tertiary/aromatic N) is 2. The van der Waals surface area contributed by atoms with Gasteiger partial charge in [-0.1, -0.05) is 54.9 Å². The SMILES string of the molecule is NC1=NN=C(CCCCCCc2ccccc2)CS1. The van der Waals surface area contributed by atoms with Crippen LogP contribution in [0.3, 0.4) is 0 Å². The molecule has 0 atom stereocenters. The molecule has 3 nitrogen and oxygen atoms in total. The van der Waals surface area contributed by atoms with Crippen molar-refractivity contribution >= 4 is 22.6 Å². The molecule has 1 aromatic carbocycles. The van der Waals surface area contributed by atoms with E-state index in [4.69, 9.17) is 5.73 Å². The molecule has 0 aliphatic carbocycles. The summed E-state index contributed by atoms with van der Waals surface area (Å²) in [7, 11) is 0. The van der Waals surface area contributed by atoms with Gasteiger partial charge in [0, 0.05) is 5.75 Å². The van der Waals surface area contributed by atoms with Crippen molar-refractivity contribution in [2.45, 2.75) is 38.5 Å². The predicted octanol–water partition coefficient (Wildman–Crippen LogP) is 3.60. The Bertz CT molecular complexity index is 440. The first-order valence-electron chi connectivity index (χ1n) is 6.90. The lowest BCUT2D eigenvalue weighted by Gasteiger charge is -2.08. The van der Waals surface area contributed by atoms with E-state index in [1.54, 1.807) is 11.8 Å². The Morgan fingerprint density at radius 1 is 0.947 bits per heavy atom. The van der Waals surface area contributed by atoms with Gasteiger partial charge in [-0.15, -0.1) is 5.10 Å². The van der Waals surface area contributed by atoms with Gasteiger partial charge in [-0.2, -0.15) is 5.10 Å². The van der Waals surface area contributed by atoms with Crippen molar-refractivity contribution in [1.29, 1.82) is 0 Å². The number of amidine groups is 1. The average molecular weight is 275 g/mol. The zero-order valence-electron chi connectivity index (χ0n) is 11.2. The number of unbranched alkanes of at least 4 members (excludes halogenated alkanes) is 3. The fourth-order valence-corrected chi connectivity index (χ4v) is 2.73. The van der Waals surface area contributed by atoms with Crippen LogP contribution in [-0.2, 0) is 6.42 Å². The largest absolute Gasteiger partial charge is 0.377 e. The summed E-state index contributed by atoms with van der Waals surface area (Å²) in [5.74, 6) is 0.916. The minimum absolute atomic E-state index is 0.589. The van der Waals surface area contributed by atoms with Crippen LogP contribution in [0, 0.1) is 0 Å². The van der Waals surface area contributed by atoms with Crippen LogP contribution in [0.5, 0.6) is 0 Å². The first-order valence-corrected chi connectivity index (χ1v) is 7.89. The summed E-state index contributed by atoms with van der Waals surface area (Å²) in [5, 5.41) is 8.64. The molecule has 1 aliphatic rings. The Morgan fingerprint density at radius 3 is 2.37 bits per heavy atom. The molecule has 4 heteroatoms. The summed E-state index contributed by atoms with van der Waals surface area (Å²) in [6, 6.07) is 10.7. The molecular weight excluding hydrogens is 254 g/mol. The molecule has 0 saturated heterocycles. The highest BCUT2D eigenvalue weighted by Gasteiger charge is 2.07. The van der Waals surface area contributed by atoms with Crippen LogP contribution >= 0.6 is 11.8 Å². The standard InChI is InChI=1S/C15H21N3S/c16-15-18-17-14(12-19-15)11-7-2-1-4-8-13-9-5-3-6-10-13/h3,5-6,9-10H,1-2,4,7-8,11-12H2,(H2,16,18). The maximum absolute atomic E-state index is 5.55. The number of hydrogen-bond donors (Lipinski definition) is 1. The summed E-state index contributed by atoms with van der Waals surface area (Å²) in [6.07, 6.45) is 7.31. The van der Waals surface area contributed by atoms with Crippen molar-refractivity contribution in [2.24, 2.45) is 15.9 Å². The van der Waals surface area contributed by atoms with Crippen LogP contribution in [-0.4, -0.2) is 16.6 Å². The van der Waals surface area contributed by atoms with E-state index < -0.39 is 0 Å². The van der Waals surface area contributed by atoms with Crippen LogP contribution in [0.2, 0.25) is 0 Å². The van der Waals surface area contributed by atoms with Crippen LogP contribution in [0.15, 0.2) is 40.5 Å². The monoisotopic (exact) mass is 275 g/mol. The molecule has 19 heavy (non-hydrogen) atoms. The lowest BCUT2D eigenvalue weighted by Crippen LogP contribution is -2.15. The quantitative estimate of drug-likeness (QED) is 0.773. The normalized spacial score (nSPS) is 14.9. The highest BCUT2D eigenvalue weighted by atomic mass is 32.2. The Hall–Kier alpha value is -1.29. The lowest BCUT2D eigenvalue weighted by molar-refractivity contribution is 0.652. The van der Waals surface area contributed by atoms with Gasteiger partial charge in [-0.3, -0.25) is 0 Å². The highest BCUT2D eigenvalue weighted by Crippen LogP contribution is 2.13. The number of nitrogens with two attached hydrogens (primary N) is 1. The Kier molecular flexibility index (Phi) is 5.95. The van der Waals surface area contributed by atoms with Crippen molar-refractivity contribution < 1.29 is 0 Å². The van der Waals surface area contributed by atoms with Crippen molar-refractivity contribution in [3.05, 3.63) is 35.9 Å². The van der Waals surface area contributed by atoms with E-state index in [0.717, 1.165) is 12.2 Å². The second-order valence-electron chi connectivity index (χ2n) is 4.79. The summed E-state index contributed by atoms with van der Waals surface area (Å²) in [4.78, 5) is 0. The fourth-order valence-electron chi connectivity index (χ4n) is 2.11. The number of aryl methyl sites for hydroxylation is 1. The molecule has 0 bridgehead atoms. The molecular formula is C15H21N3S. The molecule has 2 N–H and O–H groups in total. The van der Waals surface area contributed by atoms with Crippen LogP contribution in [0.4, 0.5) is 0 Å². The summed E-state index contributed by atoms with van der Waals surface area (Å²) in [5.41, 5.74) is 8.18. The Morgan fingerprint density at radius 2 is 1.68 bits per heavy atom. The third-order valence-corrected chi connectivity index (χ3v) is 4.06. The molecule has 0 spiro atoms. The molecule has 0 saturated carbocycles. The van der Waals surface area contributed by atoms with E-state index in [2.05, 4.69) is 40.5 Å². The summed E-state index contributed by atoms with van der Waals surface area (Å²) < 4.78 is 0. The number of rotatable bonds is 7. The third-order valence-electron chi connectivity index (χ3n) is 3.20. The van der Waals surface area contributed by atoms with Crippen LogP contribution in [0.25, 0.3) is 0 Å². The molecule has 2 rings (SSSR count). The minimum Gasteiger partial charge on any atom is -0.377 e. The summed E-state index contributed by atoms with van der Waals surface area (Å²) >= 11 is 1.59. The van der Waals surface area contributed by atoms with Crippen molar-refractivity contribution in [1.82, 2.24) is 0 Å². The van der Waals surface area contributed by atoms with Gasteiger partial charge in [0.05, 0.1) is 5.71 Å². The molecule has 102 valence electrons. The van der Waals surface area contributed by atoms with Crippen LogP contribution < -0.4 is 5.73 Å². The lowest BCUT2D eigenvalue weighted by atomic mass is 10.0. The molecule has 0 radical (unpaired) electrons. The smallest absolute Gasteiger partial charge is 0.180 e. The van der Waals surface area contributed by atoms with Gasteiger partial charge in [-0.25, -0.2) is 0 Å². The van der Waals surface area contributed by atoms with Crippen molar-refractivity contribution in [3.8, 4) is 0 Å². The van der Waals surface area contributed by atoms with E-state index >= 15 is 0 Å². The average Bonchev–Trinajstić information content (AvgIpc) is 2.46. The van der Waals surface area contributed by atoms with E-state index in [1.165, 1.54) is 43.4 Å². The van der Waals surface area contributed by atoms with E-state index in [0.29, 0.717) is 5.17 Å². The van der Waals surface area contributed by atoms with Gasteiger partial charge >= 0.3 is 0 Å². The Balaban J connectivity index is 1.53. The second kappa shape index (κ2) is 8.00. The van der Waals surface area contributed by atoms with Gasteiger partial charge in [0.1, 0.15) is 0 Å². The number of hydrogen-bond acceptors (Lipinski definition) is 4. The van der Waals surface area contributed by atoms with E-state index in [1.807, 2.05) is 0 Å². The molecule has 0 fully saturated rings. The van der Waals surface area contributed by atoms with Gasteiger partial charge in [-0.05, 0) is 31.2 Å². The number of thioether (sulfide) groups is 1. The van der Waals surface area contributed by atoms with E-state index in [9.17, 15) is 0 Å². The first-order chi connectivity index (χ1) is 9.34. The van der Waals surface area contributed by atoms with Crippen LogP contribution in [0.1, 0.15) is 37.7 Å². The first kappa shape index (κ1) is 14.1. The molecule has 1 aliphatic heterocycles. The highest BCUT2D eigenvalue weighted by molar-refractivity contribution is 8.14. The molecule has 0 amide bonds. The fraction of sp³-hybridized carbons (Fsp3) is 0.467. The minimum atomic E-state index is 0.589. The zero-order chi connectivity index (χ0) is 13.3. The van der Waals surface area contributed by atoms with Crippen molar-refractivity contribution in [2.75, 3.05) is 5.75 Å². The van der Waals surface area contributed by atoms with E-state index in [-0.39, 0.29) is 0 Å². The summed E-state index contributed by atoms with van der Waals surface area (Å²) in [6.45, 7) is 0. The van der Waals surface area contributed by atoms with Gasteiger partial charge in [0.2, 0.25) is 0 Å². The number of benzene rings is 1. The molecule has 1 aromatic rings. The molecule has 0 unspecified atom stereocenters. The third kappa shape index (κ3) is 5.47. The van der Waals surface area contributed by atoms with Gasteiger partial charge in [0.15, 0.2) is 5.17 Å². The Labute approximate surface area is 119 Å². The maximum Gasteiger partial charge on any atom is 0.180 e. The zero-order valence-corrected chi connectivity index (χ0v) is 12.0. The maximum atomic E-state index is 5.55. The molecule has 0 aromatic heterocycles. The molecule has 1 heterocycles. The topological polar surface area (TPSA) is 50.7 Å². The van der Waals surface area contributed by atoms with Gasteiger partial charge < -0.3 is 5.73 Å².